The van der Waals surface area contributed by atoms with Crippen molar-refractivity contribution in [2.75, 3.05) is 25.1 Å². The fourth-order valence-corrected chi connectivity index (χ4v) is 2.66. The molecule has 2 heterocycles. The molecular weight excluding hydrogens is 238 g/mol. The van der Waals surface area contributed by atoms with Crippen LogP contribution in [0, 0.1) is 0 Å². The van der Waals surface area contributed by atoms with Gasteiger partial charge in [0.25, 0.3) is 0 Å². The molecule has 0 amide bonds. The van der Waals surface area contributed by atoms with Crippen LogP contribution in [0.1, 0.15) is 44.2 Å². The van der Waals surface area contributed by atoms with Gasteiger partial charge in [0.15, 0.2) is 0 Å². The second kappa shape index (κ2) is 6.87. The Balaban J connectivity index is 2.14. The first kappa shape index (κ1) is 14.3. The third-order valence-electron chi connectivity index (χ3n) is 4.09. The summed E-state index contributed by atoms with van der Waals surface area (Å²) in [7, 11) is 1.95. The minimum absolute atomic E-state index is 0.219. The first-order valence-electron chi connectivity index (χ1n) is 7.27. The van der Waals surface area contributed by atoms with Gasteiger partial charge in [0, 0.05) is 18.8 Å². The molecule has 0 aromatic carbocycles. The normalized spacial score (nSPS) is 22.1. The number of hydrogen-bond acceptors (Lipinski definition) is 4. The average Bonchev–Trinajstić information content (AvgIpc) is 2.71. The molecule has 1 aliphatic rings. The number of aliphatic hydroxyl groups excluding tert-OH is 1. The maximum absolute atomic E-state index is 9.55. The van der Waals surface area contributed by atoms with Crippen LogP contribution in [0.2, 0.25) is 0 Å². The van der Waals surface area contributed by atoms with E-state index in [2.05, 4.69) is 34.3 Å². The molecule has 2 rings (SSSR count). The smallest absolute Gasteiger partial charge is 0.128 e. The molecule has 0 spiro atoms. The molecule has 19 heavy (non-hydrogen) atoms. The van der Waals surface area contributed by atoms with Crippen LogP contribution in [0.15, 0.2) is 18.3 Å². The Labute approximate surface area is 115 Å². The van der Waals surface area contributed by atoms with Crippen LogP contribution in [-0.2, 0) is 0 Å². The maximum atomic E-state index is 9.55. The summed E-state index contributed by atoms with van der Waals surface area (Å²) in [5.41, 5.74) is 1.20. The summed E-state index contributed by atoms with van der Waals surface area (Å²) < 4.78 is 0. The van der Waals surface area contributed by atoms with E-state index in [4.69, 9.17) is 0 Å². The van der Waals surface area contributed by atoms with Gasteiger partial charge < -0.3 is 15.3 Å². The number of hydrogen-bond donors (Lipinski definition) is 2. The van der Waals surface area contributed by atoms with Gasteiger partial charge in [-0.2, -0.15) is 0 Å². The molecule has 2 N–H and O–H groups in total. The van der Waals surface area contributed by atoms with E-state index in [0.717, 1.165) is 18.8 Å². The maximum Gasteiger partial charge on any atom is 0.128 e. The number of pyridine rings is 1. The summed E-state index contributed by atoms with van der Waals surface area (Å²) in [6.07, 6.45) is 6.65. The standard InChI is InChI=1S/C15H25N3O/c1-12(16-2)13-7-8-15(17-10-13)18-9-5-3-4-6-14(18)11-19/h7-8,10,12,14,16,19H,3-6,9,11H2,1-2H3. The monoisotopic (exact) mass is 263 g/mol. The number of rotatable bonds is 4. The largest absolute Gasteiger partial charge is 0.394 e. The number of aromatic nitrogens is 1. The Hall–Kier alpha value is -1.13. The first-order chi connectivity index (χ1) is 9.26. The Morgan fingerprint density at radius 1 is 1.42 bits per heavy atom. The van der Waals surface area contributed by atoms with Crippen molar-refractivity contribution in [3.05, 3.63) is 23.9 Å². The van der Waals surface area contributed by atoms with Crippen molar-refractivity contribution < 1.29 is 5.11 Å². The van der Waals surface area contributed by atoms with Gasteiger partial charge in [0.2, 0.25) is 0 Å². The van der Waals surface area contributed by atoms with Gasteiger partial charge in [0.05, 0.1) is 12.6 Å². The third-order valence-corrected chi connectivity index (χ3v) is 4.09. The van der Waals surface area contributed by atoms with Gasteiger partial charge in [-0.1, -0.05) is 18.9 Å². The molecule has 1 aromatic heterocycles. The second-order valence-corrected chi connectivity index (χ2v) is 5.34. The average molecular weight is 263 g/mol. The van der Waals surface area contributed by atoms with Crippen molar-refractivity contribution in [2.45, 2.75) is 44.7 Å². The quantitative estimate of drug-likeness (QED) is 0.873. The van der Waals surface area contributed by atoms with Crippen LogP contribution in [0.3, 0.4) is 0 Å². The highest BCUT2D eigenvalue weighted by atomic mass is 16.3. The summed E-state index contributed by atoms with van der Waals surface area (Å²) in [4.78, 5) is 6.85. The van der Waals surface area contributed by atoms with Crippen LogP contribution in [0.5, 0.6) is 0 Å². The van der Waals surface area contributed by atoms with Crippen molar-refractivity contribution in [1.29, 1.82) is 0 Å². The van der Waals surface area contributed by atoms with Gasteiger partial charge in [-0.05, 0) is 38.4 Å². The van der Waals surface area contributed by atoms with Crippen molar-refractivity contribution in [3.63, 3.8) is 0 Å². The van der Waals surface area contributed by atoms with Crippen molar-refractivity contribution in [1.82, 2.24) is 10.3 Å². The molecule has 0 saturated carbocycles. The Morgan fingerprint density at radius 3 is 2.89 bits per heavy atom. The van der Waals surface area contributed by atoms with Crippen LogP contribution in [0.4, 0.5) is 5.82 Å². The van der Waals surface area contributed by atoms with Gasteiger partial charge >= 0.3 is 0 Å². The summed E-state index contributed by atoms with van der Waals surface area (Å²) in [6.45, 7) is 3.34. The summed E-state index contributed by atoms with van der Waals surface area (Å²) in [5.74, 6) is 0.994. The van der Waals surface area contributed by atoms with Crippen LogP contribution in [-0.4, -0.2) is 36.3 Å². The zero-order chi connectivity index (χ0) is 13.7. The lowest BCUT2D eigenvalue weighted by molar-refractivity contribution is 0.254. The summed E-state index contributed by atoms with van der Waals surface area (Å²) >= 11 is 0. The molecule has 0 radical (unpaired) electrons. The van der Waals surface area contributed by atoms with E-state index in [9.17, 15) is 5.11 Å². The van der Waals surface area contributed by atoms with Crippen LogP contribution in [0.25, 0.3) is 0 Å². The van der Waals surface area contributed by atoms with Gasteiger partial charge in [-0.25, -0.2) is 4.98 Å². The van der Waals surface area contributed by atoms with Crippen molar-refractivity contribution >= 4 is 5.82 Å². The molecule has 1 fully saturated rings. The molecule has 0 aliphatic carbocycles. The van der Waals surface area contributed by atoms with Crippen LogP contribution >= 0.6 is 0 Å². The molecule has 106 valence electrons. The van der Waals surface area contributed by atoms with E-state index in [1.165, 1.54) is 24.8 Å². The zero-order valence-corrected chi connectivity index (χ0v) is 12.0. The van der Waals surface area contributed by atoms with E-state index in [-0.39, 0.29) is 12.6 Å². The van der Waals surface area contributed by atoms with E-state index >= 15 is 0 Å². The Morgan fingerprint density at radius 2 is 2.26 bits per heavy atom. The Bertz CT molecular complexity index is 379. The first-order valence-corrected chi connectivity index (χ1v) is 7.27. The number of nitrogens with zero attached hydrogens (tertiary/aromatic N) is 2. The fraction of sp³-hybridized carbons (Fsp3) is 0.667. The highest BCUT2D eigenvalue weighted by molar-refractivity contribution is 5.41. The van der Waals surface area contributed by atoms with Gasteiger partial charge in [-0.3, -0.25) is 0 Å². The third kappa shape index (κ3) is 3.45. The topological polar surface area (TPSA) is 48.4 Å². The van der Waals surface area contributed by atoms with E-state index in [1.54, 1.807) is 0 Å². The molecule has 1 aliphatic heterocycles. The van der Waals surface area contributed by atoms with E-state index < -0.39 is 0 Å². The number of anilines is 1. The van der Waals surface area contributed by atoms with Crippen molar-refractivity contribution in [3.8, 4) is 0 Å². The SMILES string of the molecule is CNC(C)c1ccc(N2CCCCCC2CO)nc1. The van der Waals surface area contributed by atoms with Gasteiger partial charge in [-0.15, -0.1) is 0 Å². The molecule has 1 saturated heterocycles. The van der Waals surface area contributed by atoms with Gasteiger partial charge in [0.1, 0.15) is 5.82 Å². The molecule has 2 unspecified atom stereocenters. The second-order valence-electron chi connectivity index (χ2n) is 5.34. The van der Waals surface area contributed by atoms with E-state index in [0.29, 0.717) is 6.04 Å². The van der Waals surface area contributed by atoms with E-state index in [1.807, 2.05) is 13.2 Å². The lowest BCUT2D eigenvalue weighted by atomic mass is 10.1. The summed E-state index contributed by atoms with van der Waals surface area (Å²) in [6, 6.07) is 4.75. The minimum atomic E-state index is 0.219. The molecule has 1 aromatic rings. The molecule has 4 heteroatoms. The van der Waals surface area contributed by atoms with Crippen LogP contribution < -0.4 is 10.2 Å². The zero-order valence-electron chi connectivity index (χ0n) is 12.0. The summed E-state index contributed by atoms with van der Waals surface area (Å²) in [5, 5.41) is 12.8. The predicted molar refractivity (Wildman–Crippen MR) is 78.4 cm³/mol. The number of nitrogens with one attached hydrogen (secondary N) is 1. The fourth-order valence-electron chi connectivity index (χ4n) is 2.66. The molecule has 2 atom stereocenters. The van der Waals surface area contributed by atoms with Crippen molar-refractivity contribution in [2.24, 2.45) is 0 Å². The lowest BCUT2D eigenvalue weighted by Crippen LogP contribution is -2.38. The lowest BCUT2D eigenvalue weighted by Gasteiger charge is -2.30. The molecule has 0 bridgehead atoms. The number of aliphatic hydroxyl groups is 1. The molecule has 4 nitrogen and oxygen atoms in total. The molecular formula is C15H25N3O. The highest BCUT2D eigenvalue weighted by Gasteiger charge is 2.21. The Kier molecular flexibility index (Phi) is 5.16. The highest BCUT2D eigenvalue weighted by Crippen LogP contribution is 2.23. The minimum Gasteiger partial charge on any atom is -0.394 e. The predicted octanol–water partition coefficient (Wildman–Crippen LogP) is 2.10.